The van der Waals surface area contributed by atoms with Crippen molar-refractivity contribution in [2.45, 2.75) is 31.7 Å². The number of likely N-dealkylation sites (tertiary alicyclic amines) is 1. The van der Waals surface area contributed by atoms with E-state index in [9.17, 15) is 9.18 Å². The van der Waals surface area contributed by atoms with Crippen LogP contribution in [0, 0.1) is 11.7 Å². The van der Waals surface area contributed by atoms with E-state index >= 15 is 0 Å². The van der Waals surface area contributed by atoms with Crippen LogP contribution in [-0.2, 0) is 4.79 Å². The second-order valence-corrected chi connectivity index (χ2v) is 8.98. The van der Waals surface area contributed by atoms with Crippen LogP contribution in [-0.4, -0.2) is 41.4 Å². The quantitative estimate of drug-likeness (QED) is 0.783. The molecule has 148 valence electrons. The predicted molar refractivity (Wildman–Crippen MR) is 115 cm³/mol. The van der Waals surface area contributed by atoms with Crippen molar-refractivity contribution >= 4 is 23.4 Å². The molecule has 0 unspecified atom stereocenters. The average molecular weight is 399 g/mol. The van der Waals surface area contributed by atoms with Crippen molar-refractivity contribution in [1.29, 1.82) is 0 Å². The van der Waals surface area contributed by atoms with Gasteiger partial charge in [0, 0.05) is 18.3 Å². The molecule has 1 N–H and O–H groups in total. The Labute approximate surface area is 170 Å². The first-order valence-electron chi connectivity index (χ1n) is 10.2. The van der Waals surface area contributed by atoms with Crippen LogP contribution in [0.3, 0.4) is 0 Å². The van der Waals surface area contributed by atoms with Crippen LogP contribution < -0.4 is 5.32 Å². The van der Waals surface area contributed by atoms with Gasteiger partial charge in [-0.15, -0.1) is 0 Å². The molecule has 5 heteroatoms. The molecular formula is C23H27FN2OS. The number of rotatable bonds is 4. The van der Waals surface area contributed by atoms with E-state index in [4.69, 9.17) is 0 Å². The molecule has 0 saturated carbocycles. The van der Waals surface area contributed by atoms with Gasteiger partial charge in [-0.25, -0.2) is 4.39 Å². The number of hydrogen-bond donors (Lipinski definition) is 1. The van der Waals surface area contributed by atoms with Gasteiger partial charge in [-0.1, -0.05) is 24.3 Å². The van der Waals surface area contributed by atoms with E-state index in [1.807, 2.05) is 42.1 Å². The van der Waals surface area contributed by atoms with Gasteiger partial charge in [0.15, 0.2) is 0 Å². The molecule has 0 spiro atoms. The molecule has 2 aliphatic heterocycles. The molecule has 2 fully saturated rings. The maximum atomic E-state index is 13.4. The Bertz CT molecular complexity index is 805. The highest BCUT2D eigenvalue weighted by atomic mass is 32.2. The summed E-state index contributed by atoms with van der Waals surface area (Å²) in [7, 11) is 0. The lowest BCUT2D eigenvalue weighted by atomic mass is 9.94. The fraction of sp³-hybridized carbons (Fsp3) is 0.435. The summed E-state index contributed by atoms with van der Waals surface area (Å²) in [6.45, 7) is 2.00. The van der Waals surface area contributed by atoms with Crippen LogP contribution in [0.4, 0.5) is 10.1 Å². The Kier molecular flexibility index (Phi) is 6.33. The first kappa shape index (κ1) is 19.5. The molecule has 2 aliphatic rings. The number of piperidine rings is 1. The first-order valence-corrected chi connectivity index (χ1v) is 11.3. The van der Waals surface area contributed by atoms with Crippen molar-refractivity contribution in [1.82, 2.24) is 4.90 Å². The van der Waals surface area contributed by atoms with Crippen molar-refractivity contribution in [3.05, 3.63) is 54.3 Å². The number of thioether (sulfide) groups is 1. The summed E-state index contributed by atoms with van der Waals surface area (Å²) in [5, 5.41) is 3.08. The van der Waals surface area contributed by atoms with Crippen molar-refractivity contribution in [2.24, 2.45) is 5.92 Å². The van der Waals surface area contributed by atoms with Gasteiger partial charge in [-0.3, -0.25) is 9.69 Å². The van der Waals surface area contributed by atoms with Gasteiger partial charge >= 0.3 is 0 Å². The van der Waals surface area contributed by atoms with E-state index in [1.54, 1.807) is 6.07 Å². The van der Waals surface area contributed by atoms with Crippen LogP contribution in [0.1, 0.15) is 25.7 Å². The molecule has 2 heterocycles. The molecule has 0 aliphatic carbocycles. The summed E-state index contributed by atoms with van der Waals surface area (Å²) in [4.78, 5) is 15.3. The lowest BCUT2D eigenvalue weighted by Crippen LogP contribution is -2.47. The third-order valence-electron chi connectivity index (χ3n) is 5.84. The van der Waals surface area contributed by atoms with Gasteiger partial charge < -0.3 is 5.32 Å². The summed E-state index contributed by atoms with van der Waals surface area (Å²) in [5.74, 6) is 2.43. The highest BCUT2D eigenvalue weighted by Crippen LogP contribution is 2.27. The maximum Gasteiger partial charge on any atom is 0.228 e. The number of benzene rings is 2. The lowest BCUT2D eigenvalue weighted by molar-refractivity contribution is -0.121. The normalized spacial score (nSPS) is 21.4. The molecule has 0 radical (unpaired) electrons. The Morgan fingerprint density at radius 1 is 1.04 bits per heavy atom. The molecule has 0 bridgehead atoms. The number of nitrogens with zero attached hydrogens (tertiary/aromatic N) is 1. The minimum atomic E-state index is -0.242. The van der Waals surface area contributed by atoms with E-state index in [1.165, 1.54) is 36.5 Å². The zero-order valence-electron chi connectivity index (χ0n) is 16.1. The fourth-order valence-electron chi connectivity index (χ4n) is 4.26. The monoisotopic (exact) mass is 398 g/mol. The second kappa shape index (κ2) is 9.10. The summed E-state index contributed by atoms with van der Waals surface area (Å²) in [6.07, 6.45) is 4.56. The number of carbonyl (C=O) groups is 1. The third-order valence-corrected chi connectivity index (χ3v) is 6.89. The molecule has 1 amide bonds. The molecule has 3 nitrogen and oxygen atoms in total. The molecular weight excluding hydrogens is 371 g/mol. The molecule has 2 aromatic carbocycles. The minimum Gasteiger partial charge on any atom is -0.326 e. The van der Waals surface area contributed by atoms with Crippen molar-refractivity contribution in [3.63, 3.8) is 0 Å². The lowest BCUT2D eigenvalue weighted by Gasteiger charge is -2.39. The smallest absolute Gasteiger partial charge is 0.228 e. The van der Waals surface area contributed by atoms with E-state index in [2.05, 4.69) is 10.2 Å². The average Bonchev–Trinajstić information content (AvgIpc) is 2.75. The van der Waals surface area contributed by atoms with E-state index in [0.717, 1.165) is 42.7 Å². The number of amides is 1. The number of hydrogen-bond acceptors (Lipinski definition) is 3. The van der Waals surface area contributed by atoms with E-state index in [-0.39, 0.29) is 17.6 Å². The Balaban J connectivity index is 1.36. The van der Waals surface area contributed by atoms with Gasteiger partial charge in [0.25, 0.3) is 0 Å². The van der Waals surface area contributed by atoms with Crippen molar-refractivity contribution < 1.29 is 9.18 Å². The molecule has 2 aromatic rings. The van der Waals surface area contributed by atoms with E-state index < -0.39 is 0 Å². The maximum absolute atomic E-state index is 13.4. The van der Waals surface area contributed by atoms with Crippen LogP contribution in [0.15, 0.2) is 48.5 Å². The number of anilines is 1. The van der Waals surface area contributed by atoms with Crippen LogP contribution in [0.2, 0.25) is 0 Å². The Morgan fingerprint density at radius 3 is 2.57 bits per heavy atom. The van der Waals surface area contributed by atoms with Gasteiger partial charge in [0.2, 0.25) is 5.91 Å². The standard InChI is InChI=1S/C23H27FN2OS/c24-20-5-1-3-18(15-20)17-6-8-21(9-7-17)25-23(27)19-4-2-12-26(16-19)22-10-13-28-14-11-22/h1,3,5-9,15,19,22H,2,4,10-14,16H2,(H,25,27)/t19-/m1/s1. The molecule has 4 rings (SSSR count). The molecule has 28 heavy (non-hydrogen) atoms. The highest BCUT2D eigenvalue weighted by Gasteiger charge is 2.30. The zero-order chi connectivity index (χ0) is 19.3. The van der Waals surface area contributed by atoms with Crippen LogP contribution >= 0.6 is 11.8 Å². The second-order valence-electron chi connectivity index (χ2n) is 7.75. The van der Waals surface area contributed by atoms with Gasteiger partial charge in [0.05, 0.1) is 5.92 Å². The Hall–Kier alpha value is -1.85. The molecule has 2 saturated heterocycles. The van der Waals surface area contributed by atoms with Crippen LogP contribution in [0.5, 0.6) is 0 Å². The number of carbonyl (C=O) groups excluding carboxylic acids is 1. The number of halogens is 1. The van der Waals surface area contributed by atoms with E-state index in [0.29, 0.717) is 6.04 Å². The topological polar surface area (TPSA) is 32.3 Å². The summed E-state index contributed by atoms with van der Waals surface area (Å²) >= 11 is 2.05. The zero-order valence-corrected chi connectivity index (χ0v) is 16.9. The molecule has 0 aromatic heterocycles. The molecule has 1 atom stereocenters. The Morgan fingerprint density at radius 2 is 1.82 bits per heavy atom. The summed E-state index contributed by atoms with van der Waals surface area (Å²) < 4.78 is 13.4. The highest BCUT2D eigenvalue weighted by molar-refractivity contribution is 7.99. The van der Waals surface area contributed by atoms with Gasteiger partial charge in [0.1, 0.15) is 5.82 Å². The summed E-state index contributed by atoms with van der Waals surface area (Å²) in [5.41, 5.74) is 2.58. The first-order chi connectivity index (χ1) is 13.7. The number of nitrogens with one attached hydrogen (secondary N) is 1. The summed E-state index contributed by atoms with van der Waals surface area (Å²) in [6, 6.07) is 14.9. The van der Waals surface area contributed by atoms with Crippen LogP contribution in [0.25, 0.3) is 11.1 Å². The van der Waals surface area contributed by atoms with Gasteiger partial charge in [-0.05, 0) is 79.1 Å². The largest absolute Gasteiger partial charge is 0.326 e. The SMILES string of the molecule is O=C(Nc1ccc(-c2cccc(F)c2)cc1)[C@@H]1CCCN(C2CCSCC2)C1. The predicted octanol–water partition coefficient (Wildman–Crippen LogP) is 5.04. The van der Waals surface area contributed by atoms with Crippen molar-refractivity contribution in [2.75, 3.05) is 29.9 Å². The fourth-order valence-corrected chi connectivity index (χ4v) is 5.34. The minimum absolute atomic E-state index is 0.0613. The third kappa shape index (κ3) is 4.76. The van der Waals surface area contributed by atoms with Gasteiger partial charge in [-0.2, -0.15) is 11.8 Å². The van der Waals surface area contributed by atoms with Crippen molar-refractivity contribution in [3.8, 4) is 11.1 Å².